The molecule has 0 unspecified atom stereocenters. The van der Waals surface area contributed by atoms with Crippen molar-refractivity contribution in [2.75, 3.05) is 32.7 Å². The standard InChI is InChI=1S/C23H44N4O2/c1-7-24-22(26-20-13-16-27(17-14-20)18-19(2)3)25-15-11-9-8-10-12-21(28)29-23(4,5)6/h20H,2,7-18H2,1,3-6H3,(H2,24,25,26). The molecule has 1 aliphatic rings. The lowest BCUT2D eigenvalue weighted by Crippen LogP contribution is -2.48. The third-order valence-corrected chi connectivity index (χ3v) is 4.75. The van der Waals surface area contributed by atoms with E-state index in [0.29, 0.717) is 12.5 Å². The molecule has 1 aliphatic heterocycles. The Morgan fingerprint density at radius 2 is 1.83 bits per heavy atom. The van der Waals surface area contributed by atoms with Crippen LogP contribution >= 0.6 is 0 Å². The monoisotopic (exact) mass is 408 g/mol. The number of carbonyl (C=O) groups excluding carboxylic acids is 1. The molecule has 2 N–H and O–H groups in total. The number of ether oxygens (including phenoxy) is 1. The average Bonchev–Trinajstić information content (AvgIpc) is 2.60. The third-order valence-electron chi connectivity index (χ3n) is 4.75. The van der Waals surface area contributed by atoms with E-state index in [0.717, 1.165) is 77.2 Å². The summed E-state index contributed by atoms with van der Waals surface area (Å²) in [5.41, 5.74) is 0.847. The van der Waals surface area contributed by atoms with Crippen LogP contribution in [0.25, 0.3) is 0 Å². The Labute approximate surface area is 178 Å². The first-order valence-electron chi connectivity index (χ1n) is 11.3. The van der Waals surface area contributed by atoms with Crippen molar-refractivity contribution in [3.8, 4) is 0 Å². The lowest BCUT2D eigenvalue weighted by molar-refractivity contribution is -0.154. The van der Waals surface area contributed by atoms with Gasteiger partial charge in [-0.15, -0.1) is 0 Å². The molecule has 6 heteroatoms. The zero-order valence-corrected chi connectivity index (χ0v) is 19.5. The number of rotatable bonds is 11. The Hall–Kier alpha value is -1.56. The molecule has 29 heavy (non-hydrogen) atoms. The minimum Gasteiger partial charge on any atom is -0.460 e. The fourth-order valence-electron chi connectivity index (χ4n) is 3.45. The molecular formula is C23H44N4O2. The highest BCUT2D eigenvalue weighted by Gasteiger charge is 2.19. The van der Waals surface area contributed by atoms with E-state index in [4.69, 9.17) is 9.73 Å². The fraction of sp³-hybridized carbons (Fsp3) is 0.826. The second-order valence-corrected chi connectivity index (χ2v) is 9.16. The number of nitrogens with zero attached hydrogens (tertiary/aromatic N) is 2. The highest BCUT2D eigenvalue weighted by atomic mass is 16.6. The number of aliphatic imine (C=N–C) groups is 1. The largest absolute Gasteiger partial charge is 0.460 e. The predicted molar refractivity (Wildman–Crippen MR) is 122 cm³/mol. The summed E-state index contributed by atoms with van der Waals surface area (Å²) in [7, 11) is 0. The molecule has 0 radical (unpaired) electrons. The number of hydrogen-bond donors (Lipinski definition) is 2. The first-order chi connectivity index (χ1) is 13.7. The van der Waals surface area contributed by atoms with Crippen molar-refractivity contribution in [2.24, 2.45) is 4.99 Å². The first kappa shape index (κ1) is 25.5. The van der Waals surface area contributed by atoms with Gasteiger partial charge in [0.15, 0.2) is 5.96 Å². The molecule has 6 nitrogen and oxygen atoms in total. The van der Waals surface area contributed by atoms with Crippen LogP contribution in [0.1, 0.15) is 79.6 Å². The number of piperidine rings is 1. The van der Waals surface area contributed by atoms with Gasteiger partial charge in [0.05, 0.1) is 0 Å². The average molecular weight is 409 g/mol. The topological polar surface area (TPSA) is 66.0 Å². The van der Waals surface area contributed by atoms with E-state index in [-0.39, 0.29) is 11.6 Å². The van der Waals surface area contributed by atoms with E-state index < -0.39 is 0 Å². The number of esters is 1. The molecule has 0 aromatic rings. The Balaban J connectivity index is 2.21. The minimum atomic E-state index is -0.386. The van der Waals surface area contributed by atoms with Gasteiger partial charge in [-0.3, -0.25) is 14.7 Å². The summed E-state index contributed by atoms with van der Waals surface area (Å²) in [5.74, 6) is 0.836. The van der Waals surface area contributed by atoms with Crippen LogP contribution in [0.4, 0.5) is 0 Å². The van der Waals surface area contributed by atoms with Crippen LogP contribution in [-0.4, -0.2) is 61.2 Å². The fourth-order valence-corrected chi connectivity index (χ4v) is 3.45. The van der Waals surface area contributed by atoms with Crippen LogP contribution in [0.5, 0.6) is 0 Å². The molecule has 0 spiro atoms. The van der Waals surface area contributed by atoms with Crippen molar-refractivity contribution in [1.29, 1.82) is 0 Å². The van der Waals surface area contributed by atoms with E-state index in [1.807, 2.05) is 20.8 Å². The lowest BCUT2D eigenvalue weighted by atomic mass is 10.0. The van der Waals surface area contributed by atoms with Crippen LogP contribution in [0, 0.1) is 0 Å². The summed E-state index contributed by atoms with van der Waals surface area (Å²) in [6, 6.07) is 0.489. The maximum Gasteiger partial charge on any atom is 0.306 e. The molecule has 0 amide bonds. The number of unbranched alkanes of at least 4 members (excludes halogenated alkanes) is 3. The van der Waals surface area contributed by atoms with Crippen molar-refractivity contribution < 1.29 is 9.53 Å². The summed E-state index contributed by atoms with van der Waals surface area (Å²) in [6.07, 6.45) is 6.85. The zero-order chi connectivity index (χ0) is 21.7. The van der Waals surface area contributed by atoms with Crippen LogP contribution < -0.4 is 10.6 Å². The molecule has 0 saturated carbocycles. The van der Waals surface area contributed by atoms with Crippen LogP contribution in [0.2, 0.25) is 0 Å². The molecule has 0 atom stereocenters. The first-order valence-corrected chi connectivity index (χ1v) is 11.3. The van der Waals surface area contributed by atoms with E-state index >= 15 is 0 Å². The van der Waals surface area contributed by atoms with Gasteiger partial charge in [0.2, 0.25) is 0 Å². The Kier molecular flexibility index (Phi) is 12.0. The van der Waals surface area contributed by atoms with Crippen molar-refractivity contribution in [1.82, 2.24) is 15.5 Å². The van der Waals surface area contributed by atoms with Gasteiger partial charge in [0.25, 0.3) is 0 Å². The predicted octanol–water partition coefficient (Wildman–Crippen LogP) is 3.87. The molecular weight excluding hydrogens is 364 g/mol. The van der Waals surface area contributed by atoms with Crippen molar-refractivity contribution in [3.63, 3.8) is 0 Å². The van der Waals surface area contributed by atoms with Crippen LogP contribution in [-0.2, 0) is 9.53 Å². The number of carbonyl (C=O) groups is 1. The van der Waals surface area contributed by atoms with E-state index in [9.17, 15) is 4.79 Å². The number of likely N-dealkylation sites (tertiary alicyclic amines) is 1. The summed E-state index contributed by atoms with van der Waals surface area (Å²) < 4.78 is 5.34. The number of nitrogens with one attached hydrogen (secondary N) is 2. The molecule has 0 bridgehead atoms. The van der Waals surface area contributed by atoms with Gasteiger partial charge < -0.3 is 15.4 Å². The summed E-state index contributed by atoms with van der Waals surface area (Å²) in [5, 5.41) is 6.96. The molecule has 168 valence electrons. The Morgan fingerprint density at radius 1 is 1.17 bits per heavy atom. The van der Waals surface area contributed by atoms with Gasteiger partial charge in [0.1, 0.15) is 5.60 Å². The lowest BCUT2D eigenvalue weighted by Gasteiger charge is -2.33. The van der Waals surface area contributed by atoms with E-state index in [1.54, 1.807) is 0 Å². The van der Waals surface area contributed by atoms with Crippen molar-refractivity contribution in [3.05, 3.63) is 12.2 Å². The van der Waals surface area contributed by atoms with Gasteiger partial charge in [0, 0.05) is 45.2 Å². The van der Waals surface area contributed by atoms with Gasteiger partial charge >= 0.3 is 5.97 Å². The second-order valence-electron chi connectivity index (χ2n) is 9.16. The summed E-state index contributed by atoms with van der Waals surface area (Å²) in [4.78, 5) is 18.9. The molecule has 1 rings (SSSR count). The SMILES string of the molecule is C=C(C)CN1CCC(NC(=NCCCCCCC(=O)OC(C)(C)C)NCC)CC1. The highest BCUT2D eigenvalue weighted by molar-refractivity contribution is 5.80. The highest BCUT2D eigenvalue weighted by Crippen LogP contribution is 2.12. The van der Waals surface area contributed by atoms with Gasteiger partial charge in [-0.2, -0.15) is 0 Å². The molecule has 1 saturated heterocycles. The van der Waals surface area contributed by atoms with Crippen molar-refractivity contribution >= 4 is 11.9 Å². The molecule has 0 aromatic heterocycles. The van der Waals surface area contributed by atoms with Gasteiger partial charge in [-0.1, -0.05) is 25.0 Å². The zero-order valence-electron chi connectivity index (χ0n) is 19.5. The number of hydrogen-bond acceptors (Lipinski definition) is 4. The van der Waals surface area contributed by atoms with Gasteiger partial charge in [-0.25, -0.2) is 0 Å². The van der Waals surface area contributed by atoms with E-state index in [1.165, 1.54) is 5.57 Å². The van der Waals surface area contributed by atoms with Crippen LogP contribution in [0.15, 0.2) is 17.1 Å². The smallest absolute Gasteiger partial charge is 0.306 e. The molecule has 0 aromatic carbocycles. The third kappa shape index (κ3) is 13.3. The van der Waals surface area contributed by atoms with E-state index in [2.05, 4.69) is 36.0 Å². The number of guanidine groups is 1. The second kappa shape index (κ2) is 13.6. The quantitative estimate of drug-likeness (QED) is 0.179. The molecule has 1 heterocycles. The molecule has 0 aliphatic carbocycles. The maximum absolute atomic E-state index is 11.7. The minimum absolute atomic E-state index is 0.0940. The van der Waals surface area contributed by atoms with Gasteiger partial charge in [-0.05, 0) is 60.3 Å². The maximum atomic E-state index is 11.7. The summed E-state index contributed by atoms with van der Waals surface area (Å²) >= 11 is 0. The Bertz CT molecular complexity index is 517. The normalized spacial score (nSPS) is 16.5. The van der Waals surface area contributed by atoms with Crippen LogP contribution in [0.3, 0.4) is 0 Å². The Morgan fingerprint density at radius 3 is 2.41 bits per heavy atom. The summed E-state index contributed by atoms with van der Waals surface area (Å²) in [6.45, 7) is 18.9. The molecule has 1 fully saturated rings. The van der Waals surface area contributed by atoms with Crippen molar-refractivity contribution in [2.45, 2.75) is 91.2 Å².